The Hall–Kier alpha value is -4.22. The van der Waals surface area contributed by atoms with E-state index in [0.29, 0.717) is 47.6 Å². The minimum atomic E-state index is 0.478. The van der Waals surface area contributed by atoms with Gasteiger partial charge in [-0.05, 0) is 187 Å². The van der Waals surface area contributed by atoms with E-state index in [0.717, 1.165) is 43.9 Å². The van der Waals surface area contributed by atoms with E-state index in [1.165, 1.54) is 101 Å². The van der Waals surface area contributed by atoms with Crippen molar-refractivity contribution >= 4 is 0 Å². The Bertz CT molecular complexity index is 2030. The van der Waals surface area contributed by atoms with Crippen molar-refractivity contribution in [3.63, 3.8) is 0 Å². The summed E-state index contributed by atoms with van der Waals surface area (Å²) in [6.45, 7) is 0. The molecule has 0 aliphatic heterocycles. The van der Waals surface area contributed by atoms with Gasteiger partial charge >= 0.3 is 0 Å². The molecule has 58 heavy (non-hydrogen) atoms. The smallest absolute Gasteiger partial charge is 0.0473 e. The van der Waals surface area contributed by atoms with Crippen LogP contribution in [0.4, 0.5) is 0 Å². The maximum atomic E-state index is 3.47. The molecule has 0 saturated heterocycles. The Balaban J connectivity index is 0.734. The molecule has 8 unspecified atom stereocenters. The lowest BCUT2D eigenvalue weighted by molar-refractivity contribution is 0.121. The van der Waals surface area contributed by atoms with Crippen molar-refractivity contribution < 1.29 is 0 Å². The quantitative estimate of drug-likeness (QED) is 0.170. The first kappa shape index (κ1) is 38.0. The Morgan fingerprint density at radius 2 is 1.50 bits per heavy atom. The van der Waals surface area contributed by atoms with Gasteiger partial charge in [0.2, 0.25) is 0 Å². The highest BCUT2D eigenvalue weighted by atomic mass is 15.2. The molecule has 10 aliphatic rings. The maximum Gasteiger partial charge on any atom is 0.0473 e. The molecule has 8 atom stereocenters. The summed E-state index contributed by atoms with van der Waals surface area (Å²) in [5.41, 5.74) is 8.96. The minimum absolute atomic E-state index is 0.478. The molecular formula is C56H66N2. The Labute approximate surface area is 350 Å². The molecule has 0 spiro atoms. The van der Waals surface area contributed by atoms with Crippen molar-refractivity contribution in [2.24, 2.45) is 47.3 Å². The molecule has 0 heterocycles. The second kappa shape index (κ2) is 17.6. The molecule has 0 aromatic rings. The van der Waals surface area contributed by atoms with Crippen LogP contribution >= 0.6 is 0 Å². The molecule has 0 bridgehead atoms. The predicted molar refractivity (Wildman–Crippen MR) is 243 cm³/mol. The highest BCUT2D eigenvalue weighted by Crippen LogP contribution is 2.45. The van der Waals surface area contributed by atoms with Crippen LogP contribution < -0.4 is 0 Å². The van der Waals surface area contributed by atoms with Crippen LogP contribution in [-0.2, 0) is 0 Å². The van der Waals surface area contributed by atoms with E-state index in [4.69, 9.17) is 0 Å². The van der Waals surface area contributed by atoms with Gasteiger partial charge in [0.05, 0.1) is 0 Å². The summed E-state index contributed by atoms with van der Waals surface area (Å²) in [6.07, 6.45) is 71.8. The zero-order valence-electron chi connectivity index (χ0n) is 34.9. The van der Waals surface area contributed by atoms with E-state index in [1.807, 2.05) is 0 Å². The fourth-order valence-electron chi connectivity index (χ4n) is 12.4. The van der Waals surface area contributed by atoms with Crippen LogP contribution in [0.2, 0.25) is 0 Å². The van der Waals surface area contributed by atoms with Crippen LogP contribution in [0, 0.1) is 59.2 Å². The van der Waals surface area contributed by atoms with Crippen molar-refractivity contribution in [1.29, 1.82) is 0 Å². The highest BCUT2D eigenvalue weighted by Gasteiger charge is 2.36. The zero-order chi connectivity index (χ0) is 38.7. The molecular weight excluding hydrogens is 701 g/mol. The molecule has 10 aliphatic carbocycles. The lowest BCUT2D eigenvalue weighted by atomic mass is 9.72. The van der Waals surface area contributed by atoms with Gasteiger partial charge in [-0.3, -0.25) is 0 Å². The zero-order valence-corrected chi connectivity index (χ0v) is 34.9. The van der Waals surface area contributed by atoms with Crippen molar-refractivity contribution in [3.05, 3.63) is 155 Å². The third kappa shape index (κ3) is 8.18. The SMILES string of the molecule is C1#CC2CC=C(N(C3=CCCC=C3)C3=CCC(C4C=CC(C5=CCC(C6CCC(N(C7=CC8=CC=CCC8CC7)C7C=CCCC7)CC6)C=C5)CC4)C=C3)CC2C=C1. The summed E-state index contributed by atoms with van der Waals surface area (Å²) in [7, 11) is 0. The van der Waals surface area contributed by atoms with Gasteiger partial charge in [-0.25, -0.2) is 0 Å². The Morgan fingerprint density at radius 3 is 2.29 bits per heavy atom. The van der Waals surface area contributed by atoms with Crippen molar-refractivity contribution in [1.82, 2.24) is 9.80 Å². The van der Waals surface area contributed by atoms with Gasteiger partial charge in [-0.1, -0.05) is 109 Å². The Kier molecular flexibility index (Phi) is 11.5. The monoisotopic (exact) mass is 767 g/mol. The lowest BCUT2D eigenvalue weighted by Gasteiger charge is -2.46. The number of nitrogens with zero attached hydrogens (tertiary/aromatic N) is 2. The molecule has 0 aromatic carbocycles. The highest BCUT2D eigenvalue weighted by molar-refractivity contribution is 5.40. The summed E-state index contributed by atoms with van der Waals surface area (Å²) in [4.78, 5) is 5.51. The molecule has 1 fully saturated rings. The van der Waals surface area contributed by atoms with Gasteiger partial charge in [0.25, 0.3) is 0 Å². The third-order valence-corrected chi connectivity index (χ3v) is 15.8. The van der Waals surface area contributed by atoms with Crippen LogP contribution in [0.25, 0.3) is 0 Å². The number of fused-ring (bicyclic) bond motifs is 2. The van der Waals surface area contributed by atoms with Crippen LogP contribution in [0.15, 0.2) is 155 Å². The van der Waals surface area contributed by atoms with Crippen LogP contribution in [0.1, 0.15) is 116 Å². The lowest BCUT2D eigenvalue weighted by Crippen LogP contribution is -2.45. The fourth-order valence-corrected chi connectivity index (χ4v) is 12.4. The van der Waals surface area contributed by atoms with Crippen molar-refractivity contribution in [3.8, 4) is 11.8 Å². The first-order valence-corrected chi connectivity index (χ1v) is 23.7. The topological polar surface area (TPSA) is 6.48 Å². The van der Waals surface area contributed by atoms with E-state index in [9.17, 15) is 0 Å². The van der Waals surface area contributed by atoms with Crippen molar-refractivity contribution in [2.75, 3.05) is 0 Å². The van der Waals surface area contributed by atoms with Gasteiger partial charge in [0.15, 0.2) is 0 Å². The summed E-state index contributed by atoms with van der Waals surface area (Å²) >= 11 is 0. The van der Waals surface area contributed by atoms with Crippen LogP contribution in [-0.4, -0.2) is 21.9 Å². The normalized spacial score (nSPS) is 36.2. The van der Waals surface area contributed by atoms with Gasteiger partial charge in [-0.2, -0.15) is 0 Å². The molecule has 300 valence electrons. The second-order valence-electron chi connectivity index (χ2n) is 19.2. The molecule has 0 N–H and O–H groups in total. The Morgan fingerprint density at radius 1 is 0.586 bits per heavy atom. The van der Waals surface area contributed by atoms with Gasteiger partial charge in [-0.15, -0.1) is 0 Å². The van der Waals surface area contributed by atoms with E-state index in [2.05, 4.69) is 143 Å². The third-order valence-electron chi connectivity index (χ3n) is 15.8. The predicted octanol–water partition coefficient (Wildman–Crippen LogP) is 13.7. The van der Waals surface area contributed by atoms with E-state index in [-0.39, 0.29) is 0 Å². The van der Waals surface area contributed by atoms with Crippen molar-refractivity contribution in [2.45, 2.75) is 128 Å². The molecule has 10 rings (SSSR count). The number of hydrogen-bond donors (Lipinski definition) is 0. The first-order valence-electron chi connectivity index (χ1n) is 23.7. The van der Waals surface area contributed by atoms with Gasteiger partial charge in [0, 0.05) is 46.7 Å². The second-order valence-corrected chi connectivity index (χ2v) is 19.2. The van der Waals surface area contributed by atoms with Gasteiger partial charge < -0.3 is 9.80 Å². The van der Waals surface area contributed by atoms with Crippen LogP contribution in [0.5, 0.6) is 0 Å². The van der Waals surface area contributed by atoms with E-state index >= 15 is 0 Å². The minimum Gasteiger partial charge on any atom is -0.365 e. The number of rotatable bonds is 9. The summed E-state index contributed by atoms with van der Waals surface area (Å²) in [5.74, 6) is 11.8. The summed E-state index contributed by atoms with van der Waals surface area (Å²) < 4.78 is 0. The molecule has 0 radical (unpaired) electrons. The molecule has 0 aromatic heterocycles. The number of allylic oxidation sites excluding steroid dienone is 23. The average molecular weight is 767 g/mol. The summed E-state index contributed by atoms with van der Waals surface area (Å²) in [6, 6.07) is 1.29. The standard InChI is InChI=1S/C56H66N2/c1-3-15-51(16-4-1)57(55-37-31-41-11-7-9-13-49(41)39-55)53-33-27-47(28-34-53)45-23-19-43(20-24-45)44-21-25-46(26-22-44)48-29-35-54(36-30-48)58(52-17-5-2-6-18-52)56-38-32-42-12-8-10-14-50(42)40-56/h3,5,7,9-10,13-15,17-21,23,25,29,35-36,38-39,41-42,44-48,50-51,53H,1-2,4,6,11,16,22,24,26-28,30-34,37,40H2. The van der Waals surface area contributed by atoms with Crippen LogP contribution in [0.3, 0.4) is 0 Å². The largest absolute Gasteiger partial charge is 0.365 e. The molecule has 0 amide bonds. The van der Waals surface area contributed by atoms with E-state index in [1.54, 1.807) is 16.8 Å². The summed E-state index contributed by atoms with van der Waals surface area (Å²) in [5, 5.41) is 0. The molecule has 2 nitrogen and oxygen atoms in total. The number of hydrogen-bond acceptors (Lipinski definition) is 2. The molecule has 2 heteroatoms. The average Bonchev–Trinajstić information content (AvgIpc) is 3.30. The molecule has 1 saturated carbocycles. The fraction of sp³-hybridized carbons (Fsp3) is 0.500. The van der Waals surface area contributed by atoms with E-state index < -0.39 is 0 Å². The maximum absolute atomic E-state index is 3.47. The van der Waals surface area contributed by atoms with Gasteiger partial charge in [0.1, 0.15) is 0 Å². The first-order chi connectivity index (χ1) is 28.7.